The lowest BCUT2D eigenvalue weighted by molar-refractivity contribution is -0.692. The number of benzene rings is 2. The molecule has 0 spiro atoms. The van der Waals surface area contributed by atoms with Crippen LogP contribution in [-0.2, 0) is 4.79 Å². The molecule has 0 unspecified atom stereocenters. The molecule has 1 atom stereocenters. The maximum Gasteiger partial charge on any atom is 0.279 e. The molecule has 0 saturated heterocycles. The number of hydrogen-bond acceptors (Lipinski definition) is 1. The van der Waals surface area contributed by atoms with Gasteiger partial charge in [-0.25, -0.2) is 4.39 Å². The average Bonchev–Trinajstić information content (AvgIpc) is 2.52. The van der Waals surface area contributed by atoms with Gasteiger partial charge >= 0.3 is 0 Å². The molecule has 1 amide bonds. The molecule has 24 heavy (non-hydrogen) atoms. The molecule has 0 fully saturated rings. The summed E-state index contributed by atoms with van der Waals surface area (Å²) < 4.78 is 14.1. The number of nitrogens with two attached hydrogens (primary N) is 1. The zero-order valence-electron chi connectivity index (χ0n) is 14.1. The van der Waals surface area contributed by atoms with E-state index in [0.29, 0.717) is 12.5 Å². The first kappa shape index (κ1) is 18.6. The molecule has 0 bridgehead atoms. The van der Waals surface area contributed by atoms with Crippen molar-refractivity contribution >= 4 is 27.5 Å². The van der Waals surface area contributed by atoms with Gasteiger partial charge in [0, 0.05) is 21.6 Å². The van der Waals surface area contributed by atoms with Gasteiger partial charge in [-0.3, -0.25) is 4.79 Å². The smallest absolute Gasteiger partial charge is 0.279 e. The third-order valence-electron chi connectivity index (χ3n) is 3.99. The van der Waals surface area contributed by atoms with Crippen LogP contribution in [0.3, 0.4) is 0 Å². The summed E-state index contributed by atoms with van der Waals surface area (Å²) in [5, 5.41) is 4.94. The first-order valence-corrected chi connectivity index (χ1v) is 8.81. The average molecular weight is 394 g/mol. The van der Waals surface area contributed by atoms with Gasteiger partial charge in [0.15, 0.2) is 6.54 Å². The van der Waals surface area contributed by atoms with Crippen LogP contribution >= 0.6 is 15.9 Å². The van der Waals surface area contributed by atoms with E-state index >= 15 is 0 Å². The van der Waals surface area contributed by atoms with E-state index in [1.54, 1.807) is 12.1 Å². The SMILES string of the molecule is Cc1cc(Br)ccc1NC(=O)C[NH2+][C@@H](c1ccc(F)cc1)C(C)C. The van der Waals surface area contributed by atoms with Crippen LogP contribution in [0.15, 0.2) is 46.9 Å². The molecule has 0 saturated carbocycles. The number of carbonyl (C=O) groups excluding carboxylic acids is 1. The Kier molecular flexibility index (Phi) is 6.52. The predicted octanol–water partition coefficient (Wildman–Crippen LogP) is 3.80. The highest BCUT2D eigenvalue weighted by Gasteiger charge is 2.20. The number of hydrogen-bond donors (Lipinski definition) is 2. The molecule has 2 rings (SSSR count). The number of aryl methyl sites for hydroxylation is 1. The molecular formula is C19H23BrFN2O+. The third kappa shape index (κ3) is 5.14. The minimum atomic E-state index is -0.246. The van der Waals surface area contributed by atoms with Gasteiger partial charge in [-0.2, -0.15) is 0 Å². The number of amides is 1. The molecule has 0 aliphatic rings. The molecule has 2 aromatic carbocycles. The summed E-state index contributed by atoms with van der Waals surface area (Å²) in [7, 11) is 0. The molecule has 0 aliphatic carbocycles. The maximum atomic E-state index is 13.1. The van der Waals surface area contributed by atoms with Crippen LogP contribution in [0.4, 0.5) is 10.1 Å². The van der Waals surface area contributed by atoms with Crippen LogP contribution in [0.25, 0.3) is 0 Å². The molecule has 5 heteroatoms. The molecule has 0 aliphatic heterocycles. The van der Waals surface area contributed by atoms with E-state index < -0.39 is 0 Å². The van der Waals surface area contributed by atoms with E-state index in [0.717, 1.165) is 21.3 Å². The summed E-state index contributed by atoms with van der Waals surface area (Å²) in [6.07, 6.45) is 0. The van der Waals surface area contributed by atoms with E-state index in [1.165, 1.54) is 12.1 Å². The summed E-state index contributed by atoms with van der Waals surface area (Å²) in [4.78, 5) is 12.2. The van der Waals surface area contributed by atoms with Crippen molar-refractivity contribution in [1.82, 2.24) is 0 Å². The fourth-order valence-electron chi connectivity index (χ4n) is 2.68. The molecule has 0 aromatic heterocycles. The van der Waals surface area contributed by atoms with Gasteiger partial charge in [0.25, 0.3) is 5.91 Å². The monoisotopic (exact) mass is 393 g/mol. The van der Waals surface area contributed by atoms with Gasteiger partial charge in [0.1, 0.15) is 11.9 Å². The van der Waals surface area contributed by atoms with Gasteiger partial charge in [-0.05, 0) is 42.8 Å². The van der Waals surface area contributed by atoms with E-state index in [2.05, 4.69) is 35.1 Å². The summed E-state index contributed by atoms with van der Waals surface area (Å²) in [6, 6.07) is 12.4. The van der Waals surface area contributed by atoms with Crippen LogP contribution in [0.1, 0.15) is 31.0 Å². The summed E-state index contributed by atoms with van der Waals surface area (Å²) in [6.45, 7) is 6.47. The normalized spacial score (nSPS) is 12.2. The Labute approximate surface area is 150 Å². The fourth-order valence-corrected chi connectivity index (χ4v) is 3.16. The van der Waals surface area contributed by atoms with Crippen molar-refractivity contribution in [3.05, 3.63) is 63.9 Å². The van der Waals surface area contributed by atoms with Crippen molar-refractivity contribution in [1.29, 1.82) is 0 Å². The van der Waals surface area contributed by atoms with Gasteiger partial charge in [0.05, 0.1) is 0 Å². The topological polar surface area (TPSA) is 45.7 Å². The molecule has 3 nitrogen and oxygen atoms in total. The van der Waals surface area contributed by atoms with Crippen LogP contribution in [0.5, 0.6) is 0 Å². The van der Waals surface area contributed by atoms with Crippen molar-refractivity contribution in [2.45, 2.75) is 26.8 Å². The zero-order chi connectivity index (χ0) is 17.7. The number of anilines is 1. The number of nitrogens with one attached hydrogen (secondary N) is 1. The first-order valence-electron chi connectivity index (χ1n) is 8.01. The number of halogens is 2. The Morgan fingerprint density at radius 1 is 1.21 bits per heavy atom. The molecule has 2 aromatic rings. The highest BCUT2D eigenvalue weighted by Crippen LogP contribution is 2.20. The zero-order valence-corrected chi connectivity index (χ0v) is 15.7. The van der Waals surface area contributed by atoms with Crippen molar-refractivity contribution in [2.24, 2.45) is 5.92 Å². The second-order valence-electron chi connectivity index (χ2n) is 6.27. The van der Waals surface area contributed by atoms with E-state index in [9.17, 15) is 9.18 Å². The van der Waals surface area contributed by atoms with Crippen molar-refractivity contribution < 1.29 is 14.5 Å². The Morgan fingerprint density at radius 3 is 2.46 bits per heavy atom. The fraction of sp³-hybridized carbons (Fsp3) is 0.316. The van der Waals surface area contributed by atoms with Crippen LogP contribution < -0.4 is 10.6 Å². The molecule has 3 N–H and O–H groups in total. The minimum absolute atomic E-state index is 0.0480. The number of carbonyl (C=O) groups is 1. The molecule has 128 valence electrons. The van der Waals surface area contributed by atoms with Crippen molar-refractivity contribution in [2.75, 3.05) is 11.9 Å². The summed E-state index contributed by atoms with van der Waals surface area (Å²) >= 11 is 3.41. The summed E-state index contributed by atoms with van der Waals surface area (Å²) in [5.74, 6) is 0.0376. The van der Waals surface area contributed by atoms with E-state index in [4.69, 9.17) is 0 Å². The Hall–Kier alpha value is -1.72. The molecule has 0 radical (unpaired) electrons. The van der Waals surface area contributed by atoms with E-state index in [-0.39, 0.29) is 17.8 Å². The minimum Gasteiger partial charge on any atom is -0.332 e. The standard InChI is InChI=1S/C19H22BrFN2O/c1-12(2)19(14-4-7-16(21)8-5-14)22-11-18(24)23-17-9-6-15(20)10-13(17)3/h4-10,12,19,22H,11H2,1-3H3,(H,23,24)/p+1/t19-/m1/s1. The highest BCUT2D eigenvalue weighted by atomic mass is 79.9. The van der Waals surface area contributed by atoms with Crippen LogP contribution in [0, 0.1) is 18.7 Å². The lowest BCUT2D eigenvalue weighted by Crippen LogP contribution is -2.88. The van der Waals surface area contributed by atoms with Gasteiger partial charge < -0.3 is 10.6 Å². The van der Waals surface area contributed by atoms with Crippen LogP contribution in [-0.4, -0.2) is 12.5 Å². The predicted molar refractivity (Wildman–Crippen MR) is 98.3 cm³/mol. The number of rotatable bonds is 6. The lowest BCUT2D eigenvalue weighted by Gasteiger charge is -2.19. The Morgan fingerprint density at radius 2 is 1.88 bits per heavy atom. The second-order valence-corrected chi connectivity index (χ2v) is 7.18. The quantitative estimate of drug-likeness (QED) is 0.770. The molecular weight excluding hydrogens is 371 g/mol. The third-order valence-corrected chi connectivity index (χ3v) is 4.49. The van der Waals surface area contributed by atoms with Gasteiger partial charge in [0.2, 0.25) is 0 Å². The number of quaternary nitrogens is 1. The van der Waals surface area contributed by atoms with Gasteiger partial charge in [-0.15, -0.1) is 0 Å². The van der Waals surface area contributed by atoms with Crippen molar-refractivity contribution in [3.8, 4) is 0 Å². The largest absolute Gasteiger partial charge is 0.332 e. The Balaban J connectivity index is 1.98. The first-order chi connectivity index (χ1) is 11.4. The molecule has 0 heterocycles. The van der Waals surface area contributed by atoms with E-state index in [1.807, 2.05) is 30.4 Å². The van der Waals surface area contributed by atoms with Gasteiger partial charge in [-0.1, -0.05) is 41.9 Å². The second kappa shape index (κ2) is 8.40. The summed E-state index contributed by atoms with van der Waals surface area (Å²) in [5.41, 5.74) is 2.86. The van der Waals surface area contributed by atoms with Crippen molar-refractivity contribution in [3.63, 3.8) is 0 Å². The Bertz CT molecular complexity index is 701. The lowest BCUT2D eigenvalue weighted by atomic mass is 9.96. The maximum absolute atomic E-state index is 13.1. The highest BCUT2D eigenvalue weighted by molar-refractivity contribution is 9.10. The van der Waals surface area contributed by atoms with Crippen LogP contribution in [0.2, 0.25) is 0 Å².